The van der Waals surface area contributed by atoms with Gasteiger partial charge in [-0.25, -0.2) is 9.97 Å². The van der Waals surface area contributed by atoms with Crippen molar-refractivity contribution in [2.75, 3.05) is 44.2 Å². The average molecular weight is 500 g/mol. The zero-order chi connectivity index (χ0) is 25.6. The molecule has 0 bridgehead atoms. The van der Waals surface area contributed by atoms with E-state index in [1.165, 1.54) is 11.3 Å². The van der Waals surface area contributed by atoms with Crippen molar-refractivity contribution < 1.29 is 4.74 Å². The van der Waals surface area contributed by atoms with E-state index in [1.807, 2.05) is 18.6 Å². The molecule has 6 rings (SSSR count). The van der Waals surface area contributed by atoms with E-state index < -0.39 is 0 Å². The van der Waals surface area contributed by atoms with E-state index in [9.17, 15) is 0 Å². The summed E-state index contributed by atoms with van der Waals surface area (Å²) in [6.45, 7) is 14.7. The zero-order valence-corrected chi connectivity index (χ0v) is 22.4. The van der Waals surface area contributed by atoms with Gasteiger partial charge >= 0.3 is 0 Å². The minimum atomic E-state index is -0.134. The van der Waals surface area contributed by atoms with Gasteiger partial charge in [0.1, 0.15) is 5.52 Å². The summed E-state index contributed by atoms with van der Waals surface area (Å²) in [4.78, 5) is 18.0. The first-order valence-electron chi connectivity index (χ1n) is 13.5. The van der Waals surface area contributed by atoms with Gasteiger partial charge in [0.25, 0.3) is 0 Å². The van der Waals surface area contributed by atoms with Gasteiger partial charge in [0, 0.05) is 61.0 Å². The third-order valence-corrected chi connectivity index (χ3v) is 7.93. The fourth-order valence-corrected chi connectivity index (χ4v) is 5.82. The van der Waals surface area contributed by atoms with Crippen LogP contribution in [0, 0.1) is 6.92 Å². The summed E-state index contributed by atoms with van der Waals surface area (Å²) in [6.07, 6.45) is 10.3. The molecule has 0 spiro atoms. The van der Waals surface area contributed by atoms with Gasteiger partial charge in [0.2, 0.25) is 0 Å². The molecule has 5 heterocycles. The molecule has 8 heteroatoms. The van der Waals surface area contributed by atoms with Crippen LogP contribution in [-0.4, -0.2) is 74.6 Å². The molecule has 2 saturated heterocycles. The van der Waals surface area contributed by atoms with E-state index in [2.05, 4.69) is 71.6 Å². The molecule has 3 aromatic heterocycles. The SMILES string of the molecule is CCN1CCC(n2cc(-c3c[nH]c4ncc(-c5ccc(N6CCOC(C)(C)C6)c(C)c5)nc34)cn2)CC1. The zero-order valence-electron chi connectivity index (χ0n) is 22.4. The maximum Gasteiger partial charge on any atom is 0.156 e. The third-order valence-electron chi connectivity index (χ3n) is 7.93. The Bertz CT molecular complexity index is 1400. The van der Waals surface area contributed by atoms with Crippen molar-refractivity contribution in [3.8, 4) is 22.4 Å². The van der Waals surface area contributed by atoms with E-state index in [-0.39, 0.29) is 5.60 Å². The molecular formula is C29H37N7O. The maximum absolute atomic E-state index is 5.90. The molecule has 0 aliphatic carbocycles. The lowest BCUT2D eigenvalue weighted by Gasteiger charge is -2.40. The van der Waals surface area contributed by atoms with Gasteiger partial charge in [-0.05, 0) is 57.9 Å². The summed E-state index contributed by atoms with van der Waals surface area (Å²) in [5, 5.41) is 4.73. The van der Waals surface area contributed by atoms with Crippen molar-refractivity contribution >= 4 is 16.9 Å². The van der Waals surface area contributed by atoms with E-state index in [4.69, 9.17) is 19.8 Å². The molecule has 2 aliphatic rings. The molecule has 194 valence electrons. The molecule has 0 saturated carbocycles. The van der Waals surface area contributed by atoms with E-state index in [1.54, 1.807) is 0 Å². The second-order valence-electron chi connectivity index (χ2n) is 11.1. The molecule has 37 heavy (non-hydrogen) atoms. The van der Waals surface area contributed by atoms with Crippen LogP contribution in [0.15, 0.2) is 43.0 Å². The van der Waals surface area contributed by atoms with Gasteiger partial charge in [0.05, 0.1) is 36.3 Å². The first-order valence-corrected chi connectivity index (χ1v) is 13.5. The van der Waals surface area contributed by atoms with Crippen LogP contribution in [0.1, 0.15) is 45.2 Å². The highest BCUT2D eigenvalue weighted by Crippen LogP contribution is 2.32. The summed E-state index contributed by atoms with van der Waals surface area (Å²) in [7, 11) is 0. The molecule has 1 N–H and O–H groups in total. The number of nitrogens with one attached hydrogen (secondary N) is 1. The molecule has 8 nitrogen and oxygen atoms in total. The highest BCUT2D eigenvalue weighted by Gasteiger charge is 2.28. The van der Waals surface area contributed by atoms with E-state index >= 15 is 0 Å². The predicted molar refractivity (Wildman–Crippen MR) is 148 cm³/mol. The quantitative estimate of drug-likeness (QED) is 0.413. The highest BCUT2D eigenvalue weighted by atomic mass is 16.5. The number of aromatic amines is 1. The molecule has 0 radical (unpaired) electrons. The number of aromatic nitrogens is 5. The average Bonchev–Trinajstić information content (AvgIpc) is 3.55. The Kier molecular flexibility index (Phi) is 6.24. The van der Waals surface area contributed by atoms with E-state index in [0.717, 1.165) is 85.7 Å². The summed E-state index contributed by atoms with van der Waals surface area (Å²) >= 11 is 0. The monoisotopic (exact) mass is 499 g/mol. The van der Waals surface area contributed by atoms with Crippen molar-refractivity contribution in [3.63, 3.8) is 0 Å². The smallest absolute Gasteiger partial charge is 0.156 e. The third kappa shape index (κ3) is 4.76. The van der Waals surface area contributed by atoms with Crippen LogP contribution in [0.5, 0.6) is 0 Å². The topological polar surface area (TPSA) is 75.1 Å². The number of ether oxygens (including phenoxy) is 1. The van der Waals surface area contributed by atoms with Gasteiger partial charge in [-0.3, -0.25) is 4.68 Å². The number of anilines is 1. The molecule has 2 aliphatic heterocycles. The van der Waals surface area contributed by atoms with Gasteiger partial charge in [-0.2, -0.15) is 5.10 Å². The molecule has 0 unspecified atom stereocenters. The van der Waals surface area contributed by atoms with Crippen molar-refractivity contribution in [3.05, 3.63) is 48.5 Å². The lowest BCUT2D eigenvalue weighted by Crippen LogP contribution is -2.48. The van der Waals surface area contributed by atoms with E-state index in [0.29, 0.717) is 6.04 Å². The molecule has 0 atom stereocenters. The maximum atomic E-state index is 5.90. The number of aryl methyl sites for hydroxylation is 1. The van der Waals surface area contributed by atoms with Crippen LogP contribution in [-0.2, 0) is 4.74 Å². The van der Waals surface area contributed by atoms with Gasteiger partial charge in [-0.15, -0.1) is 0 Å². The van der Waals surface area contributed by atoms with Crippen molar-refractivity contribution in [2.24, 2.45) is 0 Å². The Hall–Kier alpha value is -3.23. The number of fused-ring (bicyclic) bond motifs is 1. The standard InChI is InChI=1S/C29H37N7O/c1-5-34-10-8-23(9-11-34)36-18-22(15-32-36)24-16-30-28-27(24)33-25(17-31-28)21-6-7-26(20(2)14-21)35-12-13-37-29(3,4)19-35/h6-7,14-18,23H,5,8-13,19H2,1-4H3,(H,30,31). The fourth-order valence-electron chi connectivity index (χ4n) is 5.82. The van der Waals surface area contributed by atoms with Gasteiger partial charge in [-0.1, -0.05) is 13.0 Å². The number of likely N-dealkylation sites (tertiary alicyclic amines) is 1. The Morgan fingerprint density at radius 2 is 1.95 bits per heavy atom. The van der Waals surface area contributed by atoms with Crippen molar-refractivity contribution in [1.82, 2.24) is 29.6 Å². The number of benzene rings is 1. The number of morpholine rings is 1. The highest BCUT2D eigenvalue weighted by molar-refractivity contribution is 5.91. The Morgan fingerprint density at radius 3 is 2.70 bits per heavy atom. The van der Waals surface area contributed by atoms with Crippen LogP contribution < -0.4 is 4.90 Å². The largest absolute Gasteiger partial charge is 0.372 e. The van der Waals surface area contributed by atoms with Crippen LogP contribution in [0.2, 0.25) is 0 Å². The molecule has 0 amide bonds. The normalized spacial score (nSPS) is 19.1. The van der Waals surface area contributed by atoms with Crippen molar-refractivity contribution in [2.45, 2.75) is 52.2 Å². The molecule has 1 aromatic carbocycles. The number of nitrogens with zero attached hydrogens (tertiary/aromatic N) is 6. The van der Waals surface area contributed by atoms with Crippen molar-refractivity contribution in [1.29, 1.82) is 0 Å². The minimum absolute atomic E-state index is 0.134. The fraction of sp³-hybridized carbons (Fsp3) is 0.483. The second-order valence-corrected chi connectivity index (χ2v) is 11.1. The Labute approximate surface area is 218 Å². The summed E-state index contributed by atoms with van der Waals surface area (Å²) in [6, 6.07) is 7.06. The predicted octanol–water partition coefficient (Wildman–Crippen LogP) is 5.07. The molecular weight excluding hydrogens is 462 g/mol. The minimum Gasteiger partial charge on any atom is -0.372 e. The molecule has 2 fully saturated rings. The van der Waals surface area contributed by atoms with Crippen LogP contribution >= 0.6 is 0 Å². The van der Waals surface area contributed by atoms with Gasteiger partial charge < -0.3 is 19.5 Å². The number of hydrogen-bond acceptors (Lipinski definition) is 6. The van der Waals surface area contributed by atoms with Crippen LogP contribution in [0.25, 0.3) is 33.5 Å². The molecule has 4 aromatic rings. The summed E-state index contributed by atoms with van der Waals surface area (Å²) in [5.41, 5.74) is 8.13. The first-order chi connectivity index (χ1) is 17.9. The second kappa shape index (κ2) is 9.58. The van der Waals surface area contributed by atoms with Crippen LogP contribution in [0.4, 0.5) is 5.69 Å². The first kappa shape index (κ1) is 24.1. The Balaban J connectivity index is 1.26. The lowest BCUT2D eigenvalue weighted by molar-refractivity contribution is -0.0277. The van der Waals surface area contributed by atoms with Gasteiger partial charge in [0.15, 0.2) is 5.65 Å². The van der Waals surface area contributed by atoms with Crippen LogP contribution in [0.3, 0.4) is 0 Å². The number of rotatable bonds is 5. The summed E-state index contributed by atoms with van der Waals surface area (Å²) < 4.78 is 8.05. The Morgan fingerprint density at radius 1 is 1.11 bits per heavy atom. The number of hydrogen-bond donors (Lipinski definition) is 1. The summed E-state index contributed by atoms with van der Waals surface area (Å²) in [5.74, 6) is 0. The number of H-pyrrole nitrogens is 1. The number of piperidine rings is 1. The lowest BCUT2D eigenvalue weighted by atomic mass is 10.0.